The van der Waals surface area contributed by atoms with Gasteiger partial charge in [-0.3, -0.25) is 9.59 Å². The van der Waals surface area contributed by atoms with Gasteiger partial charge in [0.05, 0.1) is 13.2 Å². The van der Waals surface area contributed by atoms with Gasteiger partial charge in [0.15, 0.2) is 0 Å². The van der Waals surface area contributed by atoms with Gasteiger partial charge in [0, 0.05) is 18.4 Å². The molecule has 8 nitrogen and oxygen atoms in total. The van der Waals surface area contributed by atoms with Crippen LogP contribution in [0.5, 0.6) is 0 Å². The van der Waals surface area contributed by atoms with Gasteiger partial charge in [-0.2, -0.15) is 0 Å². The zero-order chi connectivity index (χ0) is 20.8. The van der Waals surface area contributed by atoms with Crippen LogP contribution in [0.25, 0.3) is 0 Å². The molecule has 158 valence electrons. The maximum absolute atomic E-state index is 13.5. The van der Waals surface area contributed by atoms with E-state index in [4.69, 9.17) is 9.47 Å². The van der Waals surface area contributed by atoms with Gasteiger partial charge in [-0.05, 0) is 39.0 Å². The molecule has 0 aromatic rings. The highest BCUT2D eigenvalue weighted by molar-refractivity contribution is 5.93. The van der Waals surface area contributed by atoms with E-state index < -0.39 is 24.1 Å². The molecule has 0 spiro atoms. The number of likely N-dealkylation sites (tertiary alicyclic amines) is 1. The van der Waals surface area contributed by atoms with Gasteiger partial charge in [-0.25, -0.2) is 9.59 Å². The highest BCUT2D eigenvalue weighted by Gasteiger charge is 2.51. The van der Waals surface area contributed by atoms with Crippen molar-refractivity contribution in [2.24, 2.45) is 11.8 Å². The number of nitrogens with one attached hydrogen (secondary N) is 1. The van der Waals surface area contributed by atoms with E-state index >= 15 is 0 Å². The van der Waals surface area contributed by atoms with E-state index in [0.29, 0.717) is 12.8 Å². The Balaban J connectivity index is 2.33. The maximum Gasteiger partial charge on any atom is 0.407 e. The minimum atomic E-state index is -0.840. The van der Waals surface area contributed by atoms with Crippen LogP contribution >= 0.6 is 0 Å². The Morgan fingerprint density at radius 1 is 1.14 bits per heavy atom. The summed E-state index contributed by atoms with van der Waals surface area (Å²) in [5.41, 5.74) is 0. The van der Waals surface area contributed by atoms with Crippen molar-refractivity contribution < 1.29 is 28.7 Å². The zero-order valence-electron chi connectivity index (χ0n) is 17.2. The fourth-order valence-electron chi connectivity index (χ4n) is 4.20. The Hall–Kier alpha value is -2.12. The lowest BCUT2D eigenvalue weighted by molar-refractivity contribution is -0.155. The number of Topliss-reactive ketones (excluding diaryl/α,β-unsaturated/α-hetero) is 1. The molecule has 2 aliphatic rings. The van der Waals surface area contributed by atoms with Gasteiger partial charge >= 0.3 is 12.1 Å². The molecule has 1 aliphatic carbocycles. The first-order valence-electron chi connectivity index (χ1n) is 10.3. The molecule has 0 bridgehead atoms. The monoisotopic (exact) mass is 396 g/mol. The third-order valence-corrected chi connectivity index (χ3v) is 5.52. The quantitative estimate of drug-likeness (QED) is 0.690. The molecular weight excluding hydrogens is 364 g/mol. The number of carbonyl (C=O) groups excluding carboxylic acids is 4. The van der Waals surface area contributed by atoms with Crippen molar-refractivity contribution in [3.63, 3.8) is 0 Å². The minimum Gasteiger partial charge on any atom is -0.464 e. The summed E-state index contributed by atoms with van der Waals surface area (Å²) in [6, 6.07) is -1.97. The van der Waals surface area contributed by atoms with Crippen molar-refractivity contribution >= 4 is 23.8 Å². The van der Waals surface area contributed by atoms with E-state index in [1.54, 1.807) is 13.8 Å². The Kier molecular flexibility index (Phi) is 7.83. The molecule has 1 N–H and O–H groups in total. The predicted octanol–water partition coefficient (Wildman–Crippen LogP) is 2.05. The Labute approximate surface area is 166 Å². The molecule has 1 aliphatic heterocycles. The van der Waals surface area contributed by atoms with Crippen molar-refractivity contribution in [1.29, 1.82) is 0 Å². The summed E-state index contributed by atoms with van der Waals surface area (Å²) in [5.74, 6) is -1.30. The van der Waals surface area contributed by atoms with Crippen molar-refractivity contribution in [2.75, 3.05) is 13.2 Å². The lowest BCUT2D eigenvalue weighted by Gasteiger charge is -2.34. The van der Waals surface area contributed by atoms with Crippen LogP contribution in [0.1, 0.15) is 59.8 Å². The van der Waals surface area contributed by atoms with E-state index in [1.165, 1.54) is 4.90 Å². The van der Waals surface area contributed by atoms with Crippen LogP contribution in [-0.4, -0.2) is 60.0 Å². The van der Waals surface area contributed by atoms with Gasteiger partial charge < -0.3 is 19.7 Å². The van der Waals surface area contributed by atoms with Crippen molar-refractivity contribution in [1.82, 2.24) is 10.2 Å². The molecule has 0 aromatic heterocycles. The van der Waals surface area contributed by atoms with Crippen LogP contribution in [0.4, 0.5) is 4.79 Å². The summed E-state index contributed by atoms with van der Waals surface area (Å²) < 4.78 is 10.1. The first-order chi connectivity index (χ1) is 13.3. The smallest absolute Gasteiger partial charge is 0.407 e. The molecule has 0 radical (unpaired) electrons. The number of hydrogen-bond acceptors (Lipinski definition) is 6. The highest BCUT2D eigenvalue weighted by atomic mass is 16.5. The summed E-state index contributed by atoms with van der Waals surface area (Å²) in [5, 5.41) is 2.62. The van der Waals surface area contributed by atoms with E-state index in [9.17, 15) is 19.2 Å². The molecule has 0 unspecified atom stereocenters. The number of ketones is 1. The van der Waals surface area contributed by atoms with Crippen molar-refractivity contribution in [3.8, 4) is 0 Å². The summed E-state index contributed by atoms with van der Waals surface area (Å²) in [6.07, 6.45) is 2.39. The summed E-state index contributed by atoms with van der Waals surface area (Å²) in [6.45, 7) is 7.43. The van der Waals surface area contributed by atoms with Crippen LogP contribution in [0.2, 0.25) is 0 Å². The van der Waals surface area contributed by atoms with Gasteiger partial charge in [0.2, 0.25) is 5.91 Å². The fraction of sp³-hybridized carbons (Fsp3) is 0.800. The second kappa shape index (κ2) is 9.89. The largest absolute Gasteiger partial charge is 0.464 e. The van der Waals surface area contributed by atoms with Gasteiger partial charge in [0.25, 0.3) is 0 Å². The standard InChI is InChI=1S/C20H32N2O6/c1-5-27-19(25)15-11-13-14(9-7-8-10-16(13)23)22(15)18(24)17(12(3)4)21-20(26)28-6-2/h12-15,17H,5-11H2,1-4H3,(H,21,26)/t13-,14-,15-,17-/m0/s1. The molecular formula is C20H32N2O6. The van der Waals surface area contributed by atoms with Crippen LogP contribution < -0.4 is 5.32 Å². The molecule has 2 fully saturated rings. The molecule has 1 heterocycles. The fourth-order valence-corrected chi connectivity index (χ4v) is 4.20. The van der Waals surface area contributed by atoms with Crippen molar-refractivity contribution in [3.05, 3.63) is 0 Å². The van der Waals surface area contributed by atoms with E-state index in [0.717, 1.165) is 12.8 Å². The van der Waals surface area contributed by atoms with E-state index in [2.05, 4.69) is 5.32 Å². The first-order valence-corrected chi connectivity index (χ1v) is 10.3. The second-order valence-corrected chi connectivity index (χ2v) is 7.72. The van der Waals surface area contributed by atoms with Gasteiger partial charge in [0.1, 0.15) is 17.9 Å². The number of nitrogens with zero attached hydrogens (tertiary/aromatic N) is 1. The van der Waals surface area contributed by atoms with Gasteiger partial charge in [-0.15, -0.1) is 0 Å². The topological polar surface area (TPSA) is 102 Å². The zero-order valence-corrected chi connectivity index (χ0v) is 17.2. The Morgan fingerprint density at radius 3 is 2.43 bits per heavy atom. The summed E-state index contributed by atoms with van der Waals surface area (Å²) >= 11 is 0. The van der Waals surface area contributed by atoms with Crippen molar-refractivity contribution in [2.45, 2.75) is 77.9 Å². The lowest BCUT2D eigenvalue weighted by atomic mass is 9.93. The number of amides is 2. The van der Waals surface area contributed by atoms with Crippen LogP contribution in [0, 0.1) is 11.8 Å². The maximum atomic E-state index is 13.5. The molecule has 4 atom stereocenters. The Morgan fingerprint density at radius 2 is 1.82 bits per heavy atom. The van der Waals surface area contributed by atoms with Crippen LogP contribution in [0.3, 0.4) is 0 Å². The molecule has 2 rings (SSSR count). The van der Waals surface area contributed by atoms with Crippen LogP contribution in [-0.2, 0) is 23.9 Å². The number of esters is 1. The minimum absolute atomic E-state index is 0.103. The average Bonchev–Trinajstić information content (AvgIpc) is 2.93. The average molecular weight is 396 g/mol. The third-order valence-electron chi connectivity index (χ3n) is 5.52. The number of alkyl carbamates (subject to hydrolysis) is 1. The Bertz CT molecular complexity index is 606. The summed E-state index contributed by atoms with van der Waals surface area (Å²) in [4.78, 5) is 52.1. The second-order valence-electron chi connectivity index (χ2n) is 7.72. The molecule has 1 saturated heterocycles. The van der Waals surface area contributed by atoms with E-state index in [-0.39, 0.29) is 49.2 Å². The normalized spacial score (nSPS) is 25.7. The number of hydrogen-bond donors (Lipinski definition) is 1. The number of ether oxygens (including phenoxy) is 2. The van der Waals surface area contributed by atoms with Crippen LogP contribution in [0.15, 0.2) is 0 Å². The molecule has 1 saturated carbocycles. The molecule has 0 aromatic carbocycles. The highest BCUT2D eigenvalue weighted by Crippen LogP contribution is 2.38. The summed E-state index contributed by atoms with van der Waals surface area (Å²) in [7, 11) is 0. The molecule has 2 amide bonds. The SMILES string of the molecule is CCOC(=O)N[C@H](C(=O)N1[C@H](C(=O)OCC)C[C@@H]2C(=O)CCCC[C@@H]21)C(C)C. The molecule has 8 heteroatoms. The first kappa shape index (κ1) is 22.2. The lowest BCUT2D eigenvalue weighted by Crippen LogP contribution is -2.56. The predicted molar refractivity (Wildman–Crippen MR) is 101 cm³/mol. The van der Waals surface area contributed by atoms with Gasteiger partial charge in [-0.1, -0.05) is 20.3 Å². The number of fused-ring (bicyclic) bond motifs is 1. The van der Waals surface area contributed by atoms with E-state index in [1.807, 2.05) is 13.8 Å². The molecule has 28 heavy (non-hydrogen) atoms. The number of rotatable bonds is 6. The number of carbonyl (C=O) groups is 4. The third kappa shape index (κ3) is 4.83.